The smallest absolute Gasteiger partial charge is 0.260 e. The number of pyridine rings is 2. The van der Waals surface area contributed by atoms with Crippen molar-refractivity contribution in [2.24, 2.45) is 5.73 Å². The highest BCUT2D eigenvalue weighted by molar-refractivity contribution is 6.11. The van der Waals surface area contributed by atoms with Crippen molar-refractivity contribution in [3.05, 3.63) is 65.1 Å². The van der Waals surface area contributed by atoms with Gasteiger partial charge in [0.1, 0.15) is 23.2 Å². The van der Waals surface area contributed by atoms with Gasteiger partial charge in [-0.2, -0.15) is 0 Å². The van der Waals surface area contributed by atoms with Crippen LogP contribution in [0.25, 0.3) is 11.3 Å². The number of rotatable bonds is 5. The predicted molar refractivity (Wildman–Crippen MR) is 125 cm³/mol. The number of hydrogen-bond acceptors (Lipinski definition) is 6. The molecule has 1 unspecified atom stereocenters. The summed E-state index contributed by atoms with van der Waals surface area (Å²) in [4.78, 5) is 38.1. The van der Waals surface area contributed by atoms with Crippen molar-refractivity contribution in [2.75, 3.05) is 23.5 Å². The van der Waals surface area contributed by atoms with Gasteiger partial charge in [-0.05, 0) is 49.2 Å². The number of methoxy groups -OCH3 is 1. The number of aryl methyl sites for hydroxylation is 1. The van der Waals surface area contributed by atoms with Crippen LogP contribution in [0.1, 0.15) is 34.3 Å². The lowest BCUT2D eigenvalue weighted by atomic mass is 10.0. The largest absolute Gasteiger partial charge is 0.496 e. The zero-order valence-corrected chi connectivity index (χ0v) is 18.9. The molecular formula is C25H24FN5O3. The number of aromatic nitrogens is 2. The van der Waals surface area contributed by atoms with Crippen LogP contribution < -0.4 is 20.3 Å². The van der Waals surface area contributed by atoms with Crippen molar-refractivity contribution < 1.29 is 18.7 Å². The maximum Gasteiger partial charge on any atom is 0.260 e. The second-order valence-corrected chi connectivity index (χ2v) is 8.45. The van der Waals surface area contributed by atoms with E-state index in [2.05, 4.69) is 9.97 Å². The van der Waals surface area contributed by atoms with Crippen LogP contribution in [-0.4, -0.2) is 41.5 Å². The van der Waals surface area contributed by atoms with Crippen LogP contribution in [0.4, 0.5) is 16.0 Å². The second-order valence-electron chi connectivity index (χ2n) is 8.45. The summed E-state index contributed by atoms with van der Waals surface area (Å²) in [5.74, 6) is 0.448. The molecule has 2 aromatic heterocycles. The molecule has 0 aliphatic carbocycles. The van der Waals surface area contributed by atoms with E-state index in [0.29, 0.717) is 53.6 Å². The summed E-state index contributed by atoms with van der Waals surface area (Å²) in [5.41, 5.74) is 8.32. The van der Waals surface area contributed by atoms with Crippen molar-refractivity contribution in [3.63, 3.8) is 0 Å². The van der Waals surface area contributed by atoms with E-state index >= 15 is 0 Å². The highest BCUT2D eigenvalue weighted by Crippen LogP contribution is 2.39. The fourth-order valence-electron chi connectivity index (χ4n) is 4.71. The van der Waals surface area contributed by atoms with E-state index in [1.165, 1.54) is 24.3 Å². The molecule has 1 aromatic carbocycles. The second kappa shape index (κ2) is 8.49. The van der Waals surface area contributed by atoms with E-state index in [1.807, 2.05) is 13.0 Å². The SMILES string of the molecule is COc1cccc(F)c1-c1nccc2c1CN(c1cc(C)cc(N3C(=O)CCC3CN)n1)C2=O. The molecular weight excluding hydrogens is 437 g/mol. The van der Waals surface area contributed by atoms with Gasteiger partial charge in [0.2, 0.25) is 5.91 Å². The first kappa shape index (κ1) is 22.0. The third-order valence-corrected chi connectivity index (χ3v) is 6.34. The molecule has 9 heteroatoms. The van der Waals surface area contributed by atoms with Crippen LogP contribution in [-0.2, 0) is 11.3 Å². The van der Waals surface area contributed by atoms with E-state index < -0.39 is 5.82 Å². The highest BCUT2D eigenvalue weighted by Gasteiger charge is 2.36. The molecule has 2 aliphatic rings. The minimum absolute atomic E-state index is 0.0336. The molecule has 174 valence electrons. The topological polar surface area (TPSA) is 102 Å². The number of hydrogen-bond donors (Lipinski definition) is 1. The van der Waals surface area contributed by atoms with Gasteiger partial charge < -0.3 is 10.5 Å². The van der Waals surface area contributed by atoms with Crippen LogP contribution in [0.5, 0.6) is 5.75 Å². The molecule has 5 rings (SSSR count). The molecule has 1 saturated heterocycles. The van der Waals surface area contributed by atoms with Crippen LogP contribution in [0.3, 0.4) is 0 Å². The number of halogens is 1. The Labute approximate surface area is 196 Å². The normalized spacial score (nSPS) is 17.5. The summed E-state index contributed by atoms with van der Waals surface area (Å²) in [6.07, 6.45) is 2.58. The Kier molecular flexibility index (Phi) is 5.49. The third kappa shape index (κ3) is 3.49. The van der Waals surface area contributed by atoms with Gasteiger partial charge in [0.15, 0.2) is 0 Å². The summed E-state index contributed by atoms with van der Waals surface area (Å²) >= 11 is 0. The van der Waals surface area contributed by atoms with Crippen LogP contribution in [0.2, 0.25) is 0 Å². The van der Waals surface area contributed by atoms with Crippen LogP contribution in [0.15, 0.2) is 42.6 Å². The molecule has 3 aromatic rings. The van der Waals surface area contributed by atoms with E-state index in [-0.39, 0.29) is 30.0 Å². The summed E-state index contributed by atoms with van der Waals surface area (Å²) < 4.78 is 20.2. The first-order valence-corrected chi connectivity index (χ1v) is 11.1. The first-order chi connectivity index (χ1) is 16.4. The minimum atomic E-state index is -0.484. The van der Waals surface area contributed by atoms with Gasteiger partial charge in [0.25, 0.3) is 5.91 Å². The Bertz CT molecular complexity index is 1310. The van der Waals surface area contributed by atoms with Gasteiger partial charge in [-0.25, -0.2) is 9.37 Å². The van der Waals surface area contributed by atoms with Crippen molar-refractivity contribution in [2.45, 2.75) is 32.4 Å². The Morgan fingerprint density at radius 2 is 2.00 bits per heavy atom. The van der Waals surface area contributed by atoms with Gasteiger partial charge >= 0.3 is 0 Å². The van der Waals surface area contributed by atoms with E-state index in [0.717, 1.165) is 5.56 Å². The molecule has 4 heterocycles. The van der Waals surface area contributed by atoms with Gasteiger partial charge in [-0.15, -0.1) is 0 Å². The minimum Gasteiger partial charge on any atom is -0.496 e. The molecule has 1 atom stereocenters. The zero-order chi connectivity index (χ0) is 24.0. The van der Waals surface area contributed by atoms with Crippen molar-refractivity contribution in [3.8, 4) is 17.0 Å². The average molecular weight is 461 g/mol. The number of nitrogens with zero attached hydrogens (tertiary/aromatic N) is 4. The van der Waals surface area contributed by atoms with E-state index in [4.69, 9.17) is 10.5 Å². The number of anilines is 2. The molecule has 1 fully saturated rings. The molecule has 2 N–H and O–H groups in total. The molecule has 34 heavy (non-hydrogen) atoms. The maximum atomic E-state index is 14.8. The third-order valence-electron chi connectivity index (χ3n) is 6.34. The van der Waals surface area contributed by atoms with Crippen molar-refractivity contribution in [1.29, 1.82) is 0 Å². The number of fused-ring (bicyclic) bond motifs is 1. The summed E-state index contributed by atoms with van der Waals surface area (Å²) in [6.45, 7) is 2.39. The number of benzene rings is 1. The van der Waals surface area contributed by atoms with Crippen LogP contribution >= 0.6 is 0 Å². The lowest BCUT2D eigenvalue weighted by Crippen LogP contribution is -2.39. The van der Waals surface area contributed by atoms with Crippen LogP contribution in [0, 0.1) is 12.7 Å². The number of carbonyl (C=O) groups excluding carboxylic acids is 2. The number of amides is 2. The zero-order valence-electron chi connectivity index (χ0n) is 18.9. The maximum absolute atomic E-state index is 14.8. The standard InChI is InChI=1S/C25H24FN5O3/c1-14-10-20(29-21(11-14)31-15(12-27)6-7-22(31)32)30-13-17-16(25(30)33)8-9-28-24(17)23-18(26)4-3-5-19(23)34-2/h3-5,8-11,15H,6-7,12-13,27H2,1-2H3. The van der Waals surface area contributed by atoms with Gasteiger partial charge in [-0.1, -0.05) is 6.07 Å². The monoisotopic (exact) mass is 461 g/mol. The molecule has 8 nitrogen and oxygen atoms in total. The molecule has 0 bridgehead atoms. The summed E-state index contributed by atoms with van der Waals surface area (Å²) in [7, 11) is 1.46. The Hall–Kier alpha value is -3.85. The lowest BCUT2D eigenvalue weighted by molar-refractivity contribution is -0.117. The van der Waals surface area contributed by atoms with E-state index in [9.17, 15) is 14.0 Å². The Morgan fingerprint density at radius 3 is 2.76 bits per heavy atom. The number of nitrogens with two attached hydrogens (primary N) is 1. The molecule has 2 aliphatic heterocycles. The quantitative estimate of drug-likeness (QED) is 0.626. The summed E-state index contributed by atoms with van der Waals surface area (Å²) in [5, 5.41) is 0. The number of carbonyl (C=O) groups is 2. The average Bonchev–Trinajstić information content (AvgIpc) is 3.38. The fraction of sp³-hybridized carbons (Fsp3) is 0.280. The predicted octanol–water partition coefficient (Wildman–Crippen LogP) is 3.21. The van der Waals surface area contributed by atoms with Crippen molar-refractivity contribution in [1.82, 2.24) is 9.97 Å². The first-order valence-electron chi connectivity index (χ1n) is 11.1. The fourth-order valence-corrected chi connectivity index (χ4v) is 4.71. The molecule has 0 radical (unpaired) electrons. The highest BCUT2D eigenvalue weighted by atomic mass is 19.1. The Balaban J connectivity index is 1.57. The molecule has 0 saturated carbocycles. The van der Waals surface area contributed by atoms with Gasteiger partial charge in [-0.3, -0.25) is 24.4 Å². The van der Waals surface area contributed by atoms with Crippen molar-refractivity contribution >= 4 is 23.5 Å². The molecule has 0 spiro atoms. The lowest BCUT2D eigenvalue weighted by Gasteiger charge is -2.25. The number of ether oxygens (including phenoxy) is 1. The van der Waals surface area contributed by atoms with Gasteiger partial charge in [0.05, 0.1) is 31.0 Å². The molecule has 2 amide bonds. The Morgan fingerprint density at radius 1 is 1.21 bits per heavy atom. The summed E-state index contributed by atoms with van der Waals surface area (Å²) in [6, 6.07) is 9.67. The van der Waals surface area contributed by atoms with E-state index in [1.54, 1.807) is 29.2 Å². The van der Waals surface area contributed by atoms with Gasteiger partial charge in [0, 0.05) is 30.3 Å².